The van der Waals surface area contributed by atoms with Crippen LogP contribution >= 0.6 is 31.9 Å². The summed E-state index contributed by atoms with van der Waals surface area (Å²) in [6.07, 6.45) is 0. The van der Waals surface area contributed by atoms with Crippen LogP contribution in [0.3, 0.4) is 0 Å². The van der Waals surface area contributed by atoms with E-state index < -0.39 is 23.0 Å². The molecule has 1 nitrogen and oxygen atoms in total. The van der Waals surface area contributed by atoms with Gasteiger partial charge < -0.3 is 0 Å². The fourth-order valence-corrected chi connectivity index (χ4v) is 2.04. The second-order valence-corrected chi connectivity index (χ2v) is 4.11. The van der Waals surface area contributed by atoms with Gasteiger partial charge in [0.25, 0.3) is 0 Å². The lowest BCUT2D eigenvalue weighted by atomic mass is 10.1. The molecule has 0 N–H and O–H groups in total. The van der Waals surface area contributed by atoms with Crippen LogP contribution in [0.2, 0.25) is 0 Å². The van der Waals surface area contributed by atoms with Gasteiger partial charge in [-0.1, -0.05) is 0 Å². The first-order valence-corrected chi connectivity index (χ1v) is 4.87. The summed E-state index contributed by atoms with van der Waals surface area (Å²) in [5.41, 5.74) is -0.527. The molecule has 0 heterocycles. The average molecular weight is 314 g/mol. The number of carbonyl (C=O) groups is 1. The molecule has 0 aromatic heterocycles. The van der Waals surface area contributed by atoms with Crippen LogP contribution < -0.4 is 0 Å². The van der Waals surface area contributed by atoms with Crippen LogP contribution in [-0.2, 0) is 0 Å². The van der Waals surface area contributed by atoms with Crippen molar-refractivity contribution in [2.45, 2.75) is 6.92 Å². The Morgan fingerprint density at radius 3 is 1.92 bits per heavy atom. The third-order valence-electron chi connectivity index (χ3n) is 1.46. The minimum atomic E-state index is -0.867. The molecule has 0 saturated carbocycles. The first kappa shape index (κ1) is 10.8. The summed E-state index contributed by atoms with van der Waals surface area (Å²) >= 11 is 5.75. The van der Waals surface area contributed by atoms with E-state index in [4.69, 9.17) is 0 Å². The molecule has 0 bridgehead atoms. The van der Waals surface area contributed by atoms with Gasteiger partial charge in [-0.05, 0) is 44.8 Å². The summed E-state index contributed by atoms with van der Waals surface area (Å²) in [5.74, 6) is -2.38. The highest BCUT2D eigenvalue weighted by molar-refractivity contribution is 9.11. The van der Waals surface area contributed by atoms with Gasteiger partial charge in [0, 0.05) is 0 Å². The van der Waals surface area contributed by atoms with Crippen molar-refractivity contribution < 1.29 is 13.6 Å². The van der Waals surface area contributed by atoms with Crippen molar-refractivity contribution in [2.75, 3.05) is 0 Å². The van der Waals surface area contributed by atoms with Gasteiger partial charge in [0.15, 0.2) is 17.4 Å². The zero-order valence-corrected chi connectivity index (χ0v) is 9.67. The highest BCUT2D eigenvalue weighted by atomic mass is 79.9. The largest absolute Gasteiger partial charge is 0.294 e. The average Bonchev–Trinajstić information content (AvgIpc) is 2.01. The SMILES string of the molecule is CC(=O)c1c(F)c(Br)cc(Br)c1F. The Morgan fingerprint density at radius 2 is 1.62 bits per heavy atom. The number of Topliss-reactive ketones (excluding diaryl/α,β-unsaturated/α-hetero) is 1. The molecule has 1 aromatic rings. The molecule has 1 aromatic carbocycles. The maximum atomic E-state index is 13.2. The van der Waals surface area contributed by atoms with Crippen molar-refractivity contribution in [1.82, 2.24) is 0 Å². The molecule has 13 heavy (non-hydrogen) atoms. The Bertz CT molecular complexity index is 351. The van der Waals surface area contributed by atoms with Gasteiger partial charge >= 0.3 is 0 Å². The zero-order valence-electron chi connectivity index (χ0n) is 6.50. The molecule has 0 saturated heterocycles. The number of hydrogen-bond acceptors (Lipinski definition) is 1. The molecule has 1 rings (SSSR count). The summed E-state index contributed by atoms with van der Waals surface area (Å²) in [4.78, 5) is 10.9. The van der Waals surface area contributed by atoms with Crippen LogP contribution in [-0.4, -0.2) is 5.78 Å². The van der Waals surface area contributed by atoms with Gasteiger partial charge in [-0.3, -0.25) is 4.79 Å². The van der Waals surface area contributed by atoms with E-state index in [9.17, 15) is 13.6 Å². The first-order valence-electron chi connectivity index (χ1n) is 3.29. The molecule has 5 heteroatoms. The molecule has 0 fully saturated rings. The normalized spacial score (nSPS) is 10.2. The Balaban J connectivity index is 3.56. The van der Waals surface area contributed by atoms with E-state index in [0.29, 0.717) is 0 Å². The summed E-state index contributed by atoms with van der Waals surface area (Å²) in [6, 6.07) is 1.22. The van der Waals surface area contributed by atoms with Crippen molar-refractivity contribution in [2.24, 2.45) is 0 Å². The number of rotatable bonds is 1. The highest BCUT2D eigenvalue weighted by Crippen LogP contribution is 2.28. The molecule has 0 aliphatic carbocycles. The van der Waals surface area contributed by atoms with Crippen LogP contribution in [0.25, 0.3) is 0 Å². The molecule has 0 aliphatic rings. The molecule has 0 aliphatic heterocycles. The lowest BCUT2D eigenvalue weighted by molar-refractivity contribution is 0.100. The predicted octanol–water partition coefficient (Wildman–Crippen LogP) is 3.69. The number of ketones is 1. The van der Waals surface area contributed by atoms with E-state index >= 15 is 0 Å². The minimum Gasteiger partial charge on any atom is -0.294 e. The third kappa shape index (κ3) is 1.96. The number of hydrogen-bond donors (Lipinski definition) is 0. The van der Waals surface area contributed by atoms with E-state index in [0.717, 1.165) is 6.92 Å². The van der Waals surface area contributed by atoms with E-state index in [1.54, 1.807) is 0 Å². The van der Waals surface area contributed by atoms with E-state index in [1.807, 2.05) is 0 Å². The fraction of sp³-hybridized carbons (Fsp3) is 0.125. The van der Waals surface area contributed by atoms with Gasteiger partial charge in [0.1, 0.15) is 0 Å². The van der Waals surface area contributed by atoms with Crippen LogP contribution in [0.1, 0.15) is 17.3 Å². The summed E-state index contributed by atoms with van der Waals surface area (Å²) in [7, 11) is 0. The molecule has 0 unspecified atom stereocenters. The fourth-order valence-electron chi connectivity index (χ4n) is 0.882. The Kier molecular flexibility index (Phi) is 3.18. The van der Waals surface area contributed by atoms with Gasteiger partial charge in [-0.15, -0.1) is 0 Å². The minimum absolute atomic E-state index is 0.0611. The smallest absolute Gasteiger partial charge is 0.165 e. The van der Waals surface area contributed by atoms with Crippen LogP contribution in [0.4, 0.5) is 8.78 Å². The lowest BCUT2D eigenvalue weighted by Crippen LogP contribution is -2.03. The predicted molar refractivity (Wildman–Crippen MR) is 51.8 cm³/mol. The standard InChI is InChI=1S/C8H4Br2F2O/c1-3(13)6-7(11)4(9)2-5(10)8(6)12/h2H,1H3. The van der Waals surface area contributed by atoms with Gasteiger partial charge in [-0.2, -0.15) is 0 Å². The summed E-state index contributed by atoms with van der Waals surface area (Å²) in [5, 5.41) is 0. The third-order valence-corrected chi connectivity index (χ3v) is 2.62. The van der Waals surface area contributed by atoms with Crippen molar-refractivity contribution in [3.8, 4) is 0 Å². The Labute approximate surface area is 90.4 Å². The molecule has 0 amide bonds. The monoisotopic (exact) mass is 312 g/mol. The molecule has 0 atom stereocenters. The molecular formula is C8H4Br2F2O. The first-order chi connectivity index (χ1) is 5.95. The Morgan fingerprint density at radius 1 is 1.23 bits per heavy atom. The molecule has 0 radical (unpaired) electrons. The lowest BCUT2D eigenvalue weighted by Gasteiger charge is -2.04. The number of benzene rings is 1. The molecular weight excluding hydrogens is 310 g/mol. The maximum Gasteiger partial charge on any atom is 0.165 e. The summed E-state index contributed by atoms with van der Waals surface area (Å²) < 4.78 is 26.5. The quantitative estimate of drug-likeness (QED) is 0.571. The van der Waals surface area contributed by atoms with E-state index in [1.165, 1.54) is 6.07 Å². The highest BCUT2D eigenvalue weighted by Gasteiger charge is 2.19. The topological polar surface area (TPSA) is 17.1 Å². The van der Waals surface area contributed by atoms with Gasteiger partial charge in [0.2, 0.25) is 0 Å². The zero-order chi connectivity index (χ0) is 10.2. The molecule has 70 valence electrons. The van der Waals surface area contributed by atoms with Gasteiger partial charge in [-0.25, -0.2) is 8.78 Å². The van der Waals surface area contributed by atoms with E-state index in [2.05, 4.69) is 31.9 Å². The van der Waals surface area contributed by atoms with E-state index in [-0.39, 0.29) is 8.95 Å². The number of carbonyl (C=O) groups excluding carboxylic acids is 1. The Hall–Kier alpha value is -0.290. The summed E-state index contributed by atoms with van der Waals surface area (Å²) in [6.45, 7) is 1.11. The maximum absolute atomic E-state index is 13.2. The van der Waals surface area contributed by atoms with Crippen molar-refractivity contribution in [1.29, 1.82) is 0 Å². The second kappa shape index (κ2) is 3.84. The van der Waals surface area contributed by atoms with Crippen molar-refractivity contribution in [3.05, 3.63) is 32.2 Å². The second-order valence-electron chi connectivity index (χ2n) is 2.40. The van der Waals surface area contributed by atoms with Crippen molar-refractivity contribution in [3.63, 3.8) is 0 Å². The van der Waals surface area contributed by atoms with Crippen LogP contribution in [0, 0.1) is 11.6 Å². The number of halogens is 4. The van der Waals surface area contributed by atoms with Crippen LogP contribution in [0.5, 0.6) is 0 Å². The van der Waals surface area contributed by atoms with Crippen molar-refractivity contribution >= 4 is 37.6 Å². The van der Waals surface area contributed by atoms with Crippen LogP contribution in [0.15, 0.2) is 15.0 Å². The molecule has 0 spiro atoms. The van der Waals surface area contributed by atoms with Gasteiger partial charge in [0.05, 0.1) is 14.5 Å².